The molecule has 0 aromatic heterocycles. The van der Waals surface area contributed by atoms with Gasteiger partial charge in [-0.1, -0.05) is 12.1 Å². The summed E-state index contributed by atoms with van der Waals surface area (Å²) in [6.45, 7) is 8.08. The van der Waals surface area contributed by atoms with E-state index >= 15 is 0 Å². The Hall–Kier alpha value is -1.73. The molecule has 7 heteroatoms. The van der Waals surface area contributed by atoms with Gasteiger partial charge in [-0.05, 0) is 39.2 Å². The molecule has 0 saturated carbocycles. The number of carbonyl (C=O) groups excluding carboxylic acids is 1. The fourth-order valence-electron chi connectivity index (χ4n) is 2.11. The number of methoxy groups -OCH3 is 1. The Bertz CT molecular complexity index is 557. The van der Waals surface area contributed by atoms with E-state index in [4.69, 9.17) is 9.31 Å². The van der Waals surface area contributed by atoms with E-state index in [2.05, 4.69) is 10.1 Å². The Morgan fingerprint density at radius 1 is 1.27 bits per heavy atom. The van der Waals surface area contributed by atoms with Crippen molar-refractivity contribution in [2.24, 2.45) is 0 Å². The van der Waals surface area contributed by atoms with Crippen molar-refractivity contribution in [2.45, 2.75) is 45.4 Å². The second-order valence-corrected chi connectivity index (χ2v) is 6.32. The van der Waals surface area contributed by atoms with Crippen LogP contribution in [-0.2, 0) is 20.6 Å². The van der Waals surface area contributed by atoms with Crippen LogP contribution in [0.3, 0.4) is 0 Å². The zero-order chi connectivity index (χ0) is 16.5. The first-order valence-electron chi connectivity index (χ1n) is 7.15. The molecule has 1 amide bonds. The number of carbonyl (C=O) groups is 1. The molecule has 1 aliphatic heterocycles. The zero-order valence-corrected chi connectivity index (χ0v) is 13.6. The number of hydrogen-bond donors (Lipinski definition) is 2. The molecule has 0 unspecified atom stereocenters. The first-order valence-corrected chi connectivity index (χ1v) is 7.15. The lowest BCUT2D eigenvalue weighted by atomic mass is 9.78. The summed E-state index contributed by atoms with van der Waals surface area (Å²) in [5.74, 6) is 0.0941. The fraction of sp³-hybridized carbons (Fsp3) is 0.533. The SMILES string of the molecule is COC(=O)NCc1cc(B2OC(C)(C)C(C)(C)O2)ccc1O. The van der Waals surface area contributed by atoms with Gasteiger partial charge in [0.05, 0.1) is 18.3 Å². The summed E-state index contributed by atoms with van der Waals surface area (Å²) in [6.07, 6.45) is -0.555. The Balaban J connectivity index is 2.18. The van der Waals surface area contributed by atoms with Crippen LogP contribution in [0.5, 0.6) is 5.75 Å². The van der Waals surface area contributed by atoms with Gasteiger partial charge in [0, 0.05) is 12.1 Å². The highest BCUT2D eigenvalue weighted by Gasteiger charge is 2.51. The third-order valence-corrected chi connectivity index (χ3v) is 4.24. The smallest absolute Gasteiger partial charge is 0.494 e. The van der Waals surface area contributed by atoms with Gasteiger partial charge in [0.2, 0.25) is 0 Å². The third kappa shape index (κ3) is 3.20. The van der Waals surface area contributed by atoms with Crippen LogP contribution in [0.25, 0.3) is 0 Å². The molecule has 1 aromatic carbocycles. The predicted molar refractivity (Wildman–Crippen MR) is 83.1 cm³/mol. The Kier molecular flexibility index (Phi) is 4.40. The summed E-state index contributed by atoms with van der Waals surface area (Å²) >= 11 is 0. The summed E-state index contributed by atoms with van der Waals surface area (Å²) in [5, 5.41) is 12.4. The first kappa shape index (κ1) is 16.6. The zero-order valence-electron chi connectivity index (χ0n) is 13.6. The van der Waals surface area contributed by atoms with E-state index in [9.17, 15) is 9.90 Å². The molecule has 0 radical (unpaired) electrons. The van der Waals surface area contributed by atoms with E-state index in [0.717, 1.165) is 5.46 Å². The van der Waals surface area contributed by atoms with Gasteiger partial charge in [0.15, 0.2) is 0 Å². The van der Waals surface area contributed by atoms with Crippen LogP contribution < -0.4 is 10.8 Å². The number of amides is 1. The van der Waals surface area contributed by atoms with Crippen molar-refractivity contribution < 1.29 is 23.9 Å². The molecule has 1 saturated heterocycles. The van der Waals surface area contributed by atoms with Crippen LogP contribution in [0.4, 0.5) is 4.79 Å². The van der Waals surface area contributed by atoms with Gasteiger partial charge >= 0.3 is 13.2 Å². The van der Waals surface area contributed by atoms with E-state index in [0.29, 0.717) is 5.56 Å². The summed E-state index contributed by atoms with van der Waals surface area (Å²) < 4.78 is 16.5. The minimum absolute atomic E-state index is 0.0941. The quantitative estimate of drug-likeness (QED) is 0.829. The molecule has 1 aromatic rings. The molecule has 0 atom stereocenters. The Labute approximate surface area is 130 Å². The second kappa shape index (κ2) is 5.81. The highest BCUT2D eigenvalue weighted by atomic mass is 16.7. The number of phenolic OH excluding ortho intramolecular Hbond substituents is 1. The van der Waals surface area contributed by atoms with Crippen molar-refractivity contribution in [1.29, 1.82) is 0 Å². The number of ether oxygens (including phenoxy) is 1. The lowest BCUT2D eigenvalue weighted by Gasteiger charge is -2.32. The number of hydrogen-bond acceptors (Lipinski definition) is 5. The number of benzene rings is 1. The molecule has 1 heterocycles. The Morgan fingerprint density at radius 3 is 2.41 bits per heavy atom. The monoisotopic (exact) mass is 307 g/mol. The molecule has 22 heavy (non-hydrogen) atoms. The van der Waals surface area contributed by atoms with E-state index in [-0.39, 0.29) is 12.3 Å². The average Bonchev–Trinajstić information content (AvgIpc) is 2.66. The lowest BCUT2D eigenvalue weighted by Crippen LogP contribution is -2.41. The van der Waals surface area contributed by atoms with E-state index in [1.807, 2.05) is 27.7 Å². The van der Waals surface area contributed by atoms with Crippen molar-refractivity contribution >= 4 is 18.7 Å². The van der Waals surface area contributed by atoms with Crippen LogP contribution in [0.1, 0.15) is 33.3 Å². The molecule has 0 bridgehead atoms. The van der Waals surface area contributed by atoms with Crippen LogP contribution in [0.15, 0.2) is 18.2 Å². The minimum Gasteiger partial charge on any atom is -0.508 e. The van der Waals surface area contributed by atoms with Crippen LogP contribution in [0, 0.1) is 0 Å². The standard InChI is InChI=1S/C15H22BNO5/c1-14(2)15(3,4)22-16(21-14)11-6-7-12(18)10(8-11)9-17-13(19)20-5/h6-8,18H,9H2,1-5H3,(H,17,19). The van der Waals surface area contributed by atoms with Crippen molar-refractivity contribution in [3.63, 3.8) is 0 Å². The van der Waals surface area contributed by atoms with Crippen LogP contribution >= 0.6 is 0 Å². The molecule has 1 aliphatic rings. The minimum atomic E-state index is -0.555. The highest BCUT2D eigenvalue weighted by Crippen LogP contribution is 2.36. The van der Waals surface area contributed by atoms with E-state index in [1.54, 1.807) is 18.2 Å². The highest BCUT2D eigenvalue weighted by molar-refractivity contribution is 6.62. The van der Waals surface area contributed by atoms with E-state index in [1.165, 1.54) is 7.11 Å². The fourth-order valence-corrected chi connectivity index (χ4v) is 2.11. The number of rotatable bonds is 3. The molecular formula is C15H22BNO5. The molecule has 6 nitrogen and oxygen atoms in total. The number of nitrogens with one attached hydrogen (secondary N) is 1. The topological polar surface area (TPSA) is 77.0 Å². The third-order valence-electron chi connectivity index (χ3n) is 4.24. The van der Waals surface area contributed by atoms with Crippen molar-refractivity contribution in [1.82, 2.24) is 5.32 Å². The average molecular weight is 307 g/mol. The summed E-state index contributed by atoms with van der Waals surface area (Å²) in [6, 6.07) is 5.07. The number of phenols is 1. The maximum absolute atomic E-state index is 11.1. The van der Waals surface area contributed by atoms with Crippen LogP contribution in [0.2, 0.25) is 0 Å². The molecule has 120 valence electrons. The van der Waals surface area contributed by atoms with Crippen molar-refractivity contribution in [3.8, 4) is 5.75 Å². The maximum atomic E-state index is 11.1. The Morgan fingerprint density at radius 2 is 1.86 bits per heavy atom. The molecule has 0 spiro atoms. The van der Waals surface area contributed by atoms with Crippen molar-refractivity contribution in [2.75, 3.05) is 7.11 Å². The van der Waals surface area contributed by atoms with Gasteiger partial charge in [-0.3, -0.25) is 0 Å². The molecule has 2 N–H and O–H groups in total. The van der Waals surface area contributed by atoms with E-state index < -0.39 is 24.4 Å². The van der Waals surface area contributed by atoms with Crippen LogP contribution in [-0.4, -0.2) is 36.6 Å². The van der Waals surface area contributed by atoms with Crippen molar-refractivity contribution in [3.05, 3.63) is 23.8 Å². The summed E-state index contributed by atoms with van der Waals surface area (Å²) in [5.41, 5.74) is 0.496. The number of aromatic hydroxyl groups is 1. The van der Waals surface area contributed by atoms with Gasteiger partial charge < -0.3 is 24.5 Å². The second-order valence-electron chi connectivity index (χ2n) is 6.32. The maximum Gasteiger partial charge on any atom is 0.494 e. The van der Waals surface area contributed by atoms with Gasteiger partial charge in [-0.2, -0.15) is 0 Å². The first-order chi connectivity index (χ1) is 10.2. The largest absolute Gasteiger partial charge is 0.508 e. The molecule has 1 fully saturated rings. The van der Waals surface area contributed by atoms with Gasteiger partial charge in [0.25, 0.3) is 0 Å². The van der Waals surface area contributed by atoms with Gasteiger partial charge in [-0.25, -0.2) is 4.79 Å². The van der Waals surface area contributed by atoms with Gasteiger partial charge in [-0.15, -0.1) is 0 Å². The predicted octanol–water partition coefficient (Wildman–Crippen LogP) is 1.55. The van der Waals surface area contributed by atoms with Gasteiger partial charge in [0.1, 0.15) is 5.75 Å². The summed E-state index contributed by atoms with van der Waals surface area (Å²) in [4.78, 5) is 11.1. The summed E-state index contributed by atoms with van der Waals surface area (Å²) in [7, 11) is 0.776. The normalized spacial score (nSPS) is 19.0. The molecule has 2 rings (SSSR count). The molecule has 0 aliphatic carbocycles. The molecular weight excluding hydrogens is 285 g/mol. The lowest BCUT2D eigenvalue weighted by molar-refractivity contribution is 0.00578. The number of alkyl carbamates (subject to hydrolysis) is 1.